The Kier molecular flexibility index (Phi) is 4.24. The molecule has 0 fully saturated rings. The van der Waals surface area contributed by atoms with Gasteiger partial charge in [0.05, 0.1) is 16.4 Å². The summed E-state index contributed by atoms with van der Waals surface area (Å²) in [6, 6.07) is 7.09. The van der Waals surface area contributed by atoms with Crippen molar-refractivity contribution in [3.05, 3.63) is 29.8 Å². The number of carbonyl (C=O) groups is 1. The van der Waals surface area contributed by atoms with Crippen molar-refractivity contribution in [2.75, 3.05) is 0 Å². The minimum Gasteiger partial charge on any atom is -0.481 e. The molecule has 0 aliphatic carbocycles. The monoisotopic (exact) mass is 217 g/mol. The van der Waals surface area contributed by atoms with E-state index in [2.05, 4.69) is 34.2 Å². The summed E-state index contributed by atoms with van der Waals surface area (Å²) in [7, 11) is 0. The van der Waals surface area contributed by atoms with Crippen LogP contribution in [0.5, 0.6) is 0 Å². The Morgan fingerprint density at radius 1 is 1.47 bits per heavy atom. The first-order valence-corrected chi connectivity index (χ1v) is 4.52. The second-order valence-electron chi connectivity index (χ2n) is 2.59. The molecule has 1 aromatic carbocycles. The first-order valence-electron chi connectivity index (χ1n) is 4.11. The Balaban J connectivity index is 2.96. The average Bonchev–Trinajstić information content (AvgIpc) is 2.20. The summed E-state index contributed by atoms with van der Waals surface area (Å²) < 4.78 is 0. The van der Waals surface area contributed by atoms with Gasteiger partial charge in [-0.1, -0.05) is 24.0 Å². The maximum absolute atomic E-state index is 10.2. The number of thiocarbonyl (C=S) groups is 1. The molecule has 1 rings (SSSR count). The fraction of sp³-hybridized carbons (Fsp3) is 0.0909. The number of carboxylic acid groups (broad SMARTS) is 1. The Bertz CT molecular complexity index is 479. The number of benzene rings is 1. The number of aliphatic carboxylic acids is 1. The minimum absolute atomic E-state index is 0.185. The Labute approximate surface area is 92.5 Å². The molecule has 0 saturated heterocycles. The maximum Gasteiger partial charge on any atom is 0.315 e. The zero-order valence-corrected chi connectivity index (χ0v) is 8.54. The van der Waals surface area contributed by atoms with Crippen molar-refractivity contribution in [2.24, 2.45) is 4.99 Å². The molecule has 0 saturated carbocycles. The van der Waals surface area contributed by atoms with E-state index in [1.54, 1.807) is 24.3 Å². The summed E-state index contributed by atoms with van der Waals surface area (Å²) in [5.74, 6) is 4.30. The van der Waals surface area contributed by atoms with Crippen LogP contribution in [0.4, 0.5) is 5.69 Å². The molecule has 0 aliphatic heterocycles. The number of isothiocyanates is 1. The summed E-state index contributed by atoms with van der Waals surface area (Å²) in [5.41, 5.74) is 1.25. The molecule has 0 bridgehead atoms. The number of nitrogens with zero attached hydrogens (tertiary/aromatic N) is 1. The lowest BCUT2D eigenvalue weighted by atomic mass is 10.2. The van der Waals surface area contributed by atoms with Crippen LogP contribution in [0.15, 0.2) is 29.3 Å². The number of hydrogen-bond donors (Lipinski definition) is 1. The molecule has 15 heavy (non-hydrogen) atoms. The first-order chi connectivity index (χ1) is 7.24. The molecule has 0 radical (unpaired) electrons. The van der Waals surface area contributed by atoms with E-state index in [0.29, 0.717) is 11.3 Å². The molecule has 0 atom stereocenters. The van der Waals surface area contributed by atoms with E-state index in [9.17, 15) is 4.79 Å². The van der Waals surface area contributed by atoms with E-state index < -0.39 is 5.97 Å². The van der Waals surface area contributed by atoms with Crippen molar-refractivity contribution in [3.63, 3.8) is 0 Å². The molecule has 1 N–H and O–H groups in total. The van der Waals surface area contributed by atoms with Gasteiger partial charge in [0.15, 0.2) is 0 Å². The summed E-state index contributed by atoms with van der Waals surface area (Å²) >= 11 is 4.49. The predicted octanol–water partition coefficient (Wildman–Crippen LogP) is 2.25. The molecule has 0 amide bonds. The van der Waals surface area contributed by atoms with E-state index in [0.717, 1.165) is 0 Å². The van der Waals surface area contributed by atoms with Gasteiger partial charge in [-0.15, -0.1) is 0 Å². The Hall–Kier alpha value is -1.95. The third kappa shape index (κ3) is 3.74. The van der Waals surface area contributed by atoms with Crippen LogP contribution in [0.25, 0.3) is 0 Å². The fourth-order valence-electron chi connectivity index (χ4n) is 0.941. The molecule has 0 aromatic heterocycles. The normalized spacial score (nSPS) is 8.27. The van der Waals surface area contributed by atoms with E-state index in [1.807, 2.05) is 0 Å². The van der Waals surface area contributed by atoms with Crippen molar-refractivity contribution in [1.82, 2.24) is 0 Å². The molecular formula is C11H7NO2S. The van der Waals surface area contributed by atoms with E-state index in [1.165, 1.54) is 0 Å². The van der Waals surface area contributed by atoms with Crippen molar-refractivity contribution < 1.29 is 9.90 Å². The molecule has 3 nitrogen and oxygen atoms in total. The quantitative estimate of drug-likeness (QED) is 0.469. The number of hydrogen-bond acceptors (Lipinski definition) is 3. The van der Waals surface area contributed by atoms with Gasteiger partial charge < -0.3 is 5.11 Å². The van der Waals surface area contributed by atoms with Crippen LogP contribution >= 0.6 is 12.2 Å². The smallest absolute Gasteiger partial charge is 0.315 e. The third-order valence-electron chi connectivity index (χ3n) is 1.53. The molecule has 0 heterocycles. The molecule has 0 spiro atoms. The summed E-state index contributed by atoms with van der Waals surface area (Å²) in [4.78, 5) is 14.1. The van der Waals surface area contributed by atoms with Gasteiger partial charge in [-0.2, -0.15) is 4.99 Å². The summed E-state index contributed by atoms with van der Waals surface area (Å²) in [6.07, 6.45) is -0.185. The van der Waals surface area contributed by atoms with Gasteiger partial charge in [-0.3, -0.25) is 4.79 Å². The highest BCUT2D eigenvalue weighted by atomic mass is 32.1. The lowest BCUT2D eigenvalue weighted by Gasteiger charge is -1.94. The number of carboxylic acids is 1. The van der Waals surface area contributed by atoms with Gasteiger partial charge in [-0.25, -0.2) is 0 Å². The standard InChI is InChI=1S/C11H7NO2S/c13-11(14)7-3-5-9-4-1-2-6-10(9)12-8-15/h1-2,4,6H,7H2,(H,13,14). The number of rotatable bonds is 2. The van der Waals surface area contributed by atoms with Crippen molar-refractivity contribution in [1.29, 1.82) is 0 Å². The second kappa shape index (κ2) is 5.71. The minimum atomic E-state index is -0.946. The number of aliphatic imine (C=N–C) groups is 1. The van der Waals surface area contributed by atoms with Crippen LogP contribution in [0.3, 0.4) is 0 Å². The van der Waals surface area contributed by atoms with Crippen LogP contribution in [-0.4, -0.2) is 16.2 Å². The van der Waals surface area contributed by atoms with E-state index in [-0.39, 0.29) is 6.42 Å². The Morgan fingerprint density at radius 3 is 2.87 bits per heavy atom. The first kappa shape index (κ1) is 11.1. The predicted molar refractivity (Wildman–Crippen MR) is 60.3 cm³/mol. The lowest BCUT2D eigenvalue weighted by molar-refractivity contribution is -0.135. The topological polar surface area (TPSA) is 49.7 Å². The maximum atomic E-state index is 10.2. The molecular weight excluding hydrogens is 210 g/mol. The van der Waals surface area contributed by atoms with Crippen molar-refractivity contribution in [3.8, 4) is 11.8 Å². The van der Waals surface area contributed by atoms with Gasteiger partial charge >= 0.3 is 5.97 Å². The average molecular weight is 217 g/mol. The van der Waals surface area contributed by atoms with Crippen LogP contribution in [0, 0.1) is 11.8 Å². The van der Waals surface area contributed by atoms with Gasteiger partial charge in [0.1, 0.15) is 6.42 Å². The van der Waals surface area contributed by atoms with E-state index in [4.69, 9.17) is 5.11 Å². The van der Waals surface area contributed by atoms with Crippen LogP contribution < -0.4 is 0 Å². The zero-order valence-electron chi connectivity index (χ0n) is 7.73. The van der Waals surface area contributed by atoms with Gasteiger partial charge in [-0.05, 0) is 24.4 Å². The van der Waals surface area contributed by atoms with Gasteiger partial charge in [0.25, 0.3) is 0 Å². The second-order valence-corrected chi connectivity index (χ2v) is 2.78. The largest absolute Gasteiger partial charge is 0.481 e. The lowest BCUT2D eigenvalue weighted by Crippen LogP contribution is -1.90. The van der Waals surface area contributed by atoms with Crippen molar-refractivity contribution >= 4 is 29.0 Å². The zero-order chi connectivity index (χ0) is 11.1. The van der Waals surface area contributed by atoms with Crippen LogP contribution in [-0.2, 0) is 4.79 Å². The number of para-hydroxylation sites is 1. The van der Waals surface area contributed by atoms with Gasteiger partial charge in [0, 0.05) is 0 Å². The van der Waals surface area contributed by atoms with E-state index >= 15 is 0 Å². The third-order valence-corrected chi connectivity index (χ3v) is 1.62. The van der Waals surface area contributed by atoms with Crippen LogP contribution in [0.1, 0.15) is 12.0 Å². The van der Waals surface area contributed by atoms with Crippen molar-refractivity contribution in [2.45, 2.75) is 6.42 Å². The molecule has 4 heteroatoms. The van der Waals surface area contributed by atoms with Gasteiger partial charge in [0.2, 0.25) is 0 Å². The summed E-state index contributed by atoms with van der Waals surface area (Å²) in [5, 5.41) is 10.7. The molecule has 1 aromatic rings. The summed E-state index contributed by atoms with van der Waals surface area (Å²) in [6.45, 7) is 0. The Morgan fingerprint density at radius 2 is 2.20 bits per heavy atom. The molecule has 74 valence electrons. The van der Waals surface area contributed by atoms with Crippen LogP contribution in [0.2, 0.25) is 0 Å². The molecule has 0 aliphatic rings. The SMILES string of the molecule is O=C(O)CC#Cc1ccccc1N=C=S. The fourth-order valence-corrected chi connectivity index (χ4v) is 1.04. The highest BCUT2D eigenvalue weighted by Gasteiger charge is 1.95. The highest BCUT2D eigenvalue weighted by Crippen LogP contribution is 2.16. The highest BCUT2D eigenvalue weighted by molar-refractivity contribution is 7.78. The molecule has 0 unspecified atom stereocenters.